The highest BCUT2D eigenvalue weighted by Crippen LogP contribution is 2.21. The number of hydrogen-bond donors (Lipinski definition) is 2. The smallest absolute Gasteiger partial charge is 0.215 e. The molecule has 7 heteroatoms. The van der Waals surface area contributed by atoms with Crippen LogP contribution in [0.2, 0.25) is 4.34 Å². The second-order valence-corrected chi connectivity index (χ2v) is 8.24. The summed E-state index contributed by atoms with van der Waals surface area (Å²) < 4.78 is 27.3. The zero-order chi connectivity index (χ0) is 15.3. The Labute approximate surface area is 134 Å². The van der Waals surface area contributed by atoms with Crippen molar-refractivity contribution in [1.82, 2.24) is 4.72 Å². The van der Waals surface area contributed by atoms with Gasteiger partial charge >= 0.3 is 0 Å². The van der Waals surface area contributed by atoms with E-state index in [-0.39, 0.29) is 5.75 Å². The lowest BCUT2D eigenvalue weighted by Gasteiger charge is -2.07. The maximum Gasteiger partial charge on any atom is 0.215 e. The number of sulfonamides is 1. The summed E-state index contributed by atoms with van der Waals surface area (Å²) in [4.78, 5) is 1.06. The second kappa shape index (κ2) is 7.38. The summed E-state index contributed by atoms with van der Waals surface area (Å²) in [6.45, 7) is 0.828. The summed E-state index contributed by atoms with van der Waals surface area (Å²) in [5, 5.41) is 0. The topological polar surface area (TPSA) is 72.2 Å². The van der Waals surface area contributed by atoms with Crippen molar-refractivity contribution in [3.63, 3.8) is 0 Å². The van der Waals surface area contributed by atoms with Gasteiger partial charge in [-0.1, -0.05) is 35.9 Å². The zero-order valence-electron chi connectivity index (χ0n) is 11.4. The standard InChI is InChI=1S/C14H17ClN2O2S2/c15-14-6-5-13(20-14)7-8-17-21(18,19)10-12-3-1-11(9-16)2-4-12/h1-6,17H,7-10,16H2. The van der Waals surface area contributed by atoms with Crippen LogP contribution in [0.3, 0.4) is 0 Å². The molecule has 21 heavy (non-hydrogen) atoms. The Morgan fingerprint density at radius 2 is 1.76 bits per heavy atom. The lowest BCUT2D eigenvalue weighted by molar-refractivity contribution is 0.581. The zero-order valence-corrected chi connectivity index (χ0v) is 13.8. The number of rotatable bonds is 7. The van der Waals surface area contributed by atoms with Crippen LogP contribution in [0.4, 0.5) is 0 Å². The predicted molar refractivity (Wildman–Crippen MR) is 88.0 cm³/mol. The monoisotopic (exact) mass is 344 g/mol. The van der Waals surface area contributed by atoms with Crippen LogP contribution in [0.1, 0.15) is 16.0 Å². The SMILES string of the molecule is NCc1ccc(CS(=O)(=O)NCCc2ccc(Cl)s2)cc1. The number of benzene rings is 1. The molecule has 0 saturated carbocycles. The third kappa shape index (κ3) is 5.41. The first-order valence-electron chi connectivity index (χ1n) is 6.48. The summed E-state index contributed by atoms with van der Waals surface area (Å²) in [6.07, 6.45) is 0.642. The maximum absolute atomic E-state index is 12.0. The van der Waals surface area contributed by atoms with E-state index in [1.54, 1.807) is 12.1 Å². The number of nitrogens with two attached hydrogens (primary N) is 1. The van der Waals surface area contributed by atoms with Gasteiger partial charge in [-0.25, -0.2) is 13.1 Å². The fourth-order valence-corrected chi connectivity index (χ4v) is 4.09. The van der Waals surface area contributed by atoms with Crippen molar-refractivity contribution in [2.75, 3.05) is 6.54 Å². The molecule has 1 heterocycles. The van der Waals surface area contributed by atoms with Crippen molar-refractivity contribution in [2.45, 2.75) is 18.7 Å². The Hall–Kier alpha value is -0.920. The van der Waals surface area contributed by atoms with Crippen LogP contribution in [0.15, 0.2) is 36.4 Å². The summed E-state index contributed by atoms with van der Waals surface area (Å²) >= 11 is 7.30. The van der Waals surface area contributed by atoms with Crippen molar-refractivity contribution in [2.24, 2.45) is 5.73 Å². The Kier molecular flexibility index (Phi) is 5.78. The van der Waals surface area contributed by atoms with Crippen LogP contribution in [0.5, 0.6) is 0 Å². The van der Waals surface area contributed by atoms with Gasteiger partial charge in [-0.3, -0.25) is 0 Å². The third-order valence-electron chi connectivity index (χ3n) is 2.94. The van der Waals surface area contributed by atoms with E-state index >= 15 is 0 Å². The molecule has 2 rings (SSSR count). The normalized spacial score (nSPS) is 11.7. The molecule has 0 unspecified atom stereocenters. The first kappa shape index (κ1) is 16.5. The summed E-state index contributed by atoms with van der Waals surface area (Å²) in [7, 11) is -3.33. The van der Waals surface area contributed by atoms with Gasteiger partial charge in [0.2, 0.25) is 10.0 Å². The molecule has 1 aromatic heterocycles. The van der Waals surface area contributed by atoms with Crippen LogP contribution in [0, 0.1) is 0 Å². The van der Waals surface area contributed by atoms with E-state index in [0.717, 1.165) is 16.0 Å². The van der Waals surface area contributed by atoms with Crippen molar-refractivity contribution < 1.29 is 8.42 Å². The molecule has 0 atom stereocenters. The largest absolute Gasteiger partial charge is 0.326 e. The fraction of sp³-hybridized carbons (Fsp3) is 0.286. The molecule has 0 radical (unpaired) electrons. The molecular formula is C14H17ClN2O2S2. The van der Waals surface area contributed by atoms with E-state index in [0.29, 0.717) is 23.8 Å². The van der Waals surface area contributed by atoms with Crippen molar-refractivity contribution in [3.8, 4) is 0 Å². The molecule has 0 bridgehead atoms. The minimum absolute atomic E-state index is 0.0248. The van der Waals surface area contributed by atoms with E-state index in [4.69, 9.17) is 17.3 Å². The highest BCUT2D eigenvalue weighted by atomic mass is 35.5. The molecule has 0 saturated heterocycles. The average molecular weight is 345 g/mol. The van der Waals surface area contributed by atoms with E-state index in [2.05, 4.69) is 4.72 Å². The molecule has 4 nitrogen and oxygen atoms in total. The second-order valence-electron chi connectivity index (χ2n) is 4.63. The summed E-state index contributed by atoms with van der Waals surface area (Å²) in [6, 6.07) is 11.0. The molecule has 3 N–H and O–H groups in total. The highest BCUT2D eigenvalue weighted by molar-refractivity contribution is 7.88. The fourth-order valence-electron chi connectivity index (χ4n) is 1.86. The molecule has 1 aromatic carbocycles. The molecule has 0 aliphatic heterocycles. The van der Waals surface area contributed by atoms with Crippen molar-refractivity contribution in [3.05, 3.63) is 56.7 Å². The van der Waals surface area contributed by atoms with E-state index in [9.17, 15) is 8.42 Å². The number of thiophene rings is 1. The van der Waals surface area contributed by atoms with Crippen LogP contribution in [-0.2, 0) is 28.7 Å². The third-order valence-corrected chi connectivity index (χ3v) is 5.59. The van der Waals surface area contributed by atoms with Gasteiger partial charge in [0.1, 0.15) is 0 Å². The molecule has 0 aliphatic carbocycles. The van der Waals surface area contributed by atoms with E-state index < -0.39 is 10.0 Å². The molecule has 0 aliphatic rings. The van der Waals surface area contributed by atoms with Crippen molar-refractivity contribution >= 4 is 33.0 Å². The Balaban J connectivity index is 1.86. The van der Waals surface area contributed by atoms with Crippen LogP contribution in [0.25, 0.3) is 0 Å². The molecular weight excluding hydrogens is 328 g/mol. The lowest BCUT2D eigenvalue weighted by Crippen LogP contribution is -2.27. The van der Waals surface area contributed by atoms with Gasteiger partial charge in [0, 0.05) is 18.0 Å². The van der Waals surface area contributed by atoms with Gasteiger partial charge in [-0.05, 0) is 29.7 Å². The quantitative estimate of drug-likeness (QED) is 0.810. The van der Waals surface area contributed by atoms with Crippen LogP contribution < -0.4 is 10.5 Å². The number of hydrogen-bond acceptors (Lipinski definition) is 4. The number of halogens is 1. The van der Waals surface area contributed by atoms with E-state index in [1.165, 1.54) is 11.3 Å². The molecule has 0 spiro atoms. The molecule has 0 fully saturated rings. The van der Waals surface area contributed by atoms with Gasteiger partial charge < -0.3 is 5.73 Å². The number of nitrogens with one attached hydrogen (secondary N) is 1. The Morgan fingerprint density at radius 1 is 1.10 bits per heavy atom. The van der Waals surface area contributed by atoms with Gasteiger partial charge in [-0.2, -0.15) is 0 Å². The minimum atomic E-state index is -3.33. The summed E-state index contributed by atoms with van der Waals surface area (Å²) in [5.74, 6) is -0.0248. The Morgan fingerprint density at radius 3 is 2.33 bits per heavy atom. The van der Waals surface area contributed by atoms with Crippen LogP contribution >= 0.6 is 22.9 Å². The summed E-state index contributed by atoms with van der Waals surface area (Å²) in [5.41, 5.74) is 7.24. The van der Waals surface area contributed by atoms with E-state index in [1.807, 2.05) is 24.3 Å². The van der Waals surface area contributed by atoms with Crippen molar-refractivity contribution in [1.29, 1.82) is 0 Å². The van der Waals surface area contributed by atoms with Gasteiger partial charge in [0.15, 0.2) is 0 Å². The molecule has 2 aromatic rings. The molecule has 114 valence electrons. The van der Waals surface area contributed by atoms with Gasteiger partial charge in [0.25, 0.3) is 0 Å². The lowest BCUT2D eigenvalue weighted by atomic mass is 10.1. The minimum Gasteiger partial charge on any atom is -0.326 e. The predicted octanol–water partition coefficient (Wildman–Crippen LogP) is 2.52. The first-order chi connectivity index (χ1) is 9.98. The molecule has 0 amide bonds. The highest BCUT2D eigenvalue weighted by Gasteiger charge is 2.11. The van der Waals surface area contributed by atoms with Gasteiger partial charge in [0.05, 0.1) is 10.1 Å². The van der Waals surface area contributed by atoms with Gasteiger partial charge in [-0.15, -0.1) is 11.3 Å². The maximum atomic E-state index is 12.0. The first-order valence-corrected chi connectivity index (χ1v) is 9.32. The Bertz CT molecular complexity index is 681. The average Bonchev–Trinajstić information content (AvgIpc) is 2.84. The van der Waals surface area contributed by atoms with Crippen LogP contribution in [-0.4, -0.2) is 15.0 Å².